The van der Waals surface area contributed by atoms with Crippen LogP contribution in [-0.4, -0.2) is 62.7 Å². The van der Waals surface area contributed by atoms with Crippen molar-refractivity contribution in [2.24, 2.45) is 0 Å². The molecule has 1 aromatic heterocycles. The van der Waals surface area contributed by atoms with Crippen LogP contribution in [0.3, 0.4) is 0 Å². The van der Waals surface area contributed by atoms with E-state index in [-0.39, 0.29) is 0 Å². The van der Waals surface area contributed by atoms with Gasteiger partial charge in [0.1, 0.15) is 30.2 Å². The molecule has 2 heterocycles. The van der Waals surface area contributed by atoms with Gasteiger partial charge in [-0.25, -0.2) is 4.98 Å². The smallest absolute Gasteiger partial charge is 0.158 e. The molecule has 0 aromatic carbocycles. The Hall–Kier alpha value is -1.25. The molecule has 0 saturated carbocycles. The van der Waals surface area contributed by atoms with E-state index in [2.05, 4.69) is 10.3 Å². The SMILES string of the molecule is OC[C@@H]1O[C@@H](Nc2ccccn2)[C@H](O)[C@H](O)[C@@H]1O. The third-order valence-corrected chi connectivity index (χ3v) is 2.85. The van der Waals surface area contributed by atoms with Crippen LogP contribution in [0, 0.1) is 0 Å². The number of hydrogen-bond donors (Lipinski definition) is 5. The highest BCUT2D eigenvalue weighted by atomic mass is 16.6. The van der Waals surface area contributed by atoms with Crippen molar-refractivity contribution in [1.29, 1.82) is 0 Å². The number of rotatable bonds is 3. The zero-order valence-electron chi connectivity index (χ0n) is 9.55. The largest absolute Gasteiger partial charge is 0.394 e. The van der Waals surface area contributed by atoms with E-state index in [1.807, 2.05) is 0 Å². The van der Waals surface area contributed by atoms with E-state index in [9.17, 15) is 15.3 Å². The lowest BCUT2D eigenvalue weighted by Crippen LogP contribution is -2.60. The van der Waals surface area contributed by atoms with Crippen molar-refractivity contribution in [3.63, 3.8) is 0 Å². The summed E-state index contributed by atoms with van der Waals surface area (Å²) in [5, 5.41) is 40.8. The van der Waals surface area contributed by atoms with Gasteiger partial charge >= 0.3 is 0 Å². The third kappa shape index (κ3) is 2.60. The van der Waals surface area contributed by atoms with Crippen molar-refractivity contribution >= 4 is 5.82 Å². The fourth-order valence-corrected chi connectivity index (χ4v) is 1.81. The second kappa shape index (κ2) is 5.59. The zero-order chi connectivity index (χ0) is 13.1. The zero-order valence-corrected chi connectivity index (χ0v) is 9.55. The van der Waals surface area contributed by atoms with Gasteiger partial charge in [-0.05, 0) is 12.1 Å². The van der Waals surface area contributed by atoms with Gasteiger partial charge in [-0.3, -0.25) is 0 Å². The van der Waals surface area contributed by atoms with Gasteiger partial charge in [0.25, 0.3) is 0 Å². The molecule has 7 nitrogen and oxygen atoms in total. The standard InChI is InChI=1S/C11H16N2O5/c14-5-6-8(15)9(16)10(17)11(18-6)13-7-3-1-2-4-12-7/h1-4,6,8-11,14-17H,5H2,(H,12,13)/t6-,8+,9+,10+,11+/m0/s1. The Balaban J connectivity index is 2.08. The maximum atomic E-state index is 9.78. The number of ether oxygens (including phenoxy) is 1. The molecular formula is C11H16N2O5. The highest BCUT2D eigenvalue weighted by molar-refractivity contribution is 5.34. The fraction of sp³-hybridized carbons (Fsp3) is 0.545. The summed E-state index contributed by atoms with van der Waals surface area (Å²) in [6.07, 6.45) is -4.37. The number of aliphatic hydroxyl groups excluding tert-OH is 4. The average Bonchev–Trinajstić information content (AvgIpc) is 2.40. The van der Waals surface area contributed by atoms with E-state index < -0.39 is 37.3 Å². The number of hydrogen-bond acceptors (Lipinski definition) is 7. The number of nitrogens with zero attached hydrogens (tertiary/aromatic N) is 1. The average molecular weight is 256 g/mol. The lowest BCUT2D eigenvalue weighted by molar-refractivity contribution is -0.221. The monoisotopic (exact) mass is 256 g/mol. The Morgan fingerprint density at radius 2 is 1.94 bits per heavy atom. The summed E-state index contributed by atoms with van der Waals surface area (Å²) in [7, 11) is 0. The number of pyridine rings is 1. The molecule has 2 rings (SSSR count). The topological polar surface area (TPSA) is 115 Å². The number of nitrogens with one attached hydrogen (secondary N) is 1. The molecule has 5 atom stereocenters. The first-order chi connectivity index (χ1) is 8.63. The summed E-state index contributed by atoms with van der Waals surface area (Å²) in [4.78, 5) is 3.99. The van der Waals surface area contributed by atoms with E-state index >= 15 is 0 Å². The minimum absolute atomic E-state index is 0.453. The van der Waals surface area contributed by atoms with E-state index in [1.54, 1.807) is 24.4 Å². The summed E-state index contributed by atoms with van der Waals surface area (Å²) in [5.41, 5.74) is 0. The molecule has 7 heteroatoms. The summed E-state index contributed by atoms with van der Waals surface area (Å²) < 4.78 is 5.27. The predicted molar refractivity (Wildman–Crippen MR) is 61.6 cm³/mol. The van der Waals surface area contributed by atoms with Crippen LogP contribution >= 0.6 is 0 Å². The van der Waals surface area contributed by atoms with Crippen LogP contribution in [0.15, 0.2) is 24.4 Å². The molecule has 1 aliphatic rings. The molecule has 100 valence electrons. The van der Waals surface area contributed by atoms with E-state index in [1.165, 1.54) is 0 Å². The van der Waals surface area contributed by atoms with Crippen molar-refractivity contribution in [3.05, 3.63) is 24.4 Å². The molecule has 18 heavy (non-hydrogen) atoms. The Bertz CT molecular complexity index is 375. The second-order valence-corrected chi connectivity index (χ2v) is 4.11. The lowest BCUT2D eigenvalue weighted by atomic mass is 9.98. The maximum Gasteiger partial charge on any atom is 0.158 e. The summed E-state index contributed by atoms with van der Waals surface area (Å²) >= 11 is 0. The molecule has 0 amide bonds. The van der Waals surface area contributed by atoms with E-state index in [4.69, 9.17) is 9.84 Å². The minimum atomic E-state index is -1.39. The fourth-order valence-electron chi connectivity index (χ4n) is 1.81. The number of aromatic nitrogens is 1. The highest BCUT2D eigenvalue weighted by Gasteiger charge is 2.43. The van der Waals surface area contributed by atoms with E-state index in [0.717, 1.165) is 0 Å². The van der Waals surface area contributed by atoms with Gasteiger partial charge in [0.05, 0.1) is 6.61 Å². The van der Waals surface area contributed by atoms with Gasteiger partial charge in [-0.15, -0.1) is 0 Å². The first kappa shape index (κ1) is 13.2. The molecule has 0 spiro atoms. The summed E-state index contributed by atoms with van der Waals surface area (Å²) in [6.45, 7) is -0.453. The minimum Gasteiger partial charge on any atom is -0.394 e. The van der Waals surface area contributed by atoms with Crippen LogP contribution in [0.25, 0.3) is 0 Å². The van der Waals surface area contributed by atoms with Gasteiger partial charge in [-0.2, -0.15) is 0 Å². The third-order valence-electron chi connectivity index (χ3n) is 2.85. The molecule has 1 saturated heterocycles. The highest BCUT2D eigenvalue weighted by Crippen LogP contribution is 2.21. The maximum absolute atomic E-state index is 9.78. The molecular weight excluding hydrogens is 240 g/mol. The predicted octanol–water partition coefficient (Wildman–Crippen LogP) is -1.71. The molecule has 0 radical (unpaired) electrons. The van der Waals surface area contributed by atoms with Crippen LogP contribution in [0.5, 0.6) is 0 Å². The van der Waals surface area contributed by atoms with Crippen LogP contribution in [-0.2, 0) is 4.74 Å². The van der Waals surface area contributed by atoms with E-state index in [0.29, 0.717) is 5.82 Å². The summed E-state index contributed by atoms with van der Waals surface area (Å²) in [5.74, 6) is 0.460. The van der Waals surface area contributed by atoms with Gasteiger partial charge in [0.2, 0.25) is 0 Å². The normalized spacial score (nSPS) is 36.3. The van der Waals surface area contributed by atoms with Gasteiger partial charge in [-0.1, -0.05) is 6.07 Å². The van der Waals surface area contributed by atoms with Crippen molar-refractivity contribution in [2.75, 3.05) is 11.9 Å². The first-order valence-electron chi connectivity index (χ1n) is 5.61. The van der Waals surface area contributed by atoms with Crippen molar-refractivity contribution in [2.45, 2.75) is 30.6 Å². The Morgan fingerprint density at radius 1 is 1.17 bits per heavy atom. The summed E-state index contributed by atoms with van der Waals surface area (Å²) in [6, 6.07) is 5.15. The molecule has 0 bridgehead atoms. The second-order valence-electron chi connectivity index (χ2n) is 4.11. The van der Waals surface area contributed by atoms with Gasteiger partial charge in [0.15, 0.2) is 6.23 Å². The van der Waals surface area contributed by atoms with Crippen LogP contribution in [0.1, 0.15) is 0 Å². The molecule has 1 fully saturated rings. The molecule has 0 aliphatic carbocycles. The quantitative estimate of drug-likeness (QED) is 0.437. The number of aliphatic hydroxyl groups is 4. The van der Waals surface area contributed by atoms with Crippen LogP contribution < -0.4 is 5.32 Å². The lowest BCUT2D eigenvalue weighted by Gasteiger charge is -2.40. The van der Waals surface area contributed by atoms with Crippen molar-refractivity contribution in [3.8, 4) is 0 Å². The first-order valence-corrected chi connectivity index (χ1v) is 5.61. The van der Waals surface area contributed by atoms with Crippen molar-refractivity contribution < 1.29 is 25.2 Å². The van der Waals surface area contributed by atoms with Gasteiger partial charge < -0.3 is 30.5 Å². The Kier molecular flexibility index (Phi) is 4.10. The molecule has 0 unspecified atom stereocenters. The van der Waals surface area contributed by atoms with Crippen molar-refractivity contribution in [1.82, 2.24) is 4.98 Å². The molecule has 1 aromatic rings. The van der Waals surface area contributed by atoms with Gasteiger partial charge in [0, 0.05) is 6.20 Å². The Labute approximate surface area is 104 Å². The van der Waals surface area contributed by atoms with Crippen LogP contribution in [0.2, 0.25) is 0 Å². The molecule has 1 aliphatic heterocycles. The number of anilines is 1. The Morgan fingerprint density at radius 3 is 2.56 bits per heavy atom. The van der Waals surface area contributed by atoms with Crippen LogP contribution in [0.4, 0.5) is 5.82 Å². The molecule has 5 N–H and O–H groups in total.